The number of hydrogen-bond acceptors (Lipinski definition) is 7. The number of nitrogens with zero attached hydrogens (tertiary/aromatic N) is 1. The summed E-state index contributed by atoms with van der Waals surface area (Å²) in [6.45, 7) is 4.53. The zero-order valence-electron chi connectivity index (χ0n) is 40.8. The average Bonchev–Trinajstić information content (AvgIpc) is 3.23. The second kappa shape index (κ2) is 44.6. The van der Waals surface area contributed by atoms with Gasteiger partial charge in [0.25, 0.3) is 0 Å². The summed E-state index contributed by atoms with van der Waals surface area (Å²) in [7, 11) is 5.41. The van der Waals surface area contributed by atoms with Crippen molar-refractivity contribution < 1.29 is 38.2 Å². The van der Waals surface area contributed by atoms with Crippen LogP contribution in [0.25, 0.3) is 0 Å². The van der Waals surface area contributed by atoms with Gasteiger partial charge in [0.15, 0.2) is 6.10 Å². The maximum absolute atomic E-state index is 12.8. The van der Waals surface area contributed by atoms with Gasteiger partial charge in [-0.3, -0.25) is 9.59 Å². The Morgan fingerprint density at radius 1 is 0.500 bits per heavy atom. The van der Waals surface area contributed by atoms with Crippen molar-refractivity contribution in [3.8, 4) is 0 Å². The molecule has 0 aromatic rings. The second-order valence-electron chi connectivity index (χ2n) is 18.0. The van der Waals surface area contributed by atoms with Crippen molar-refractivity contribution in [1.29, 1.82) is 0 Å². The third-order valence-corrected chi connectivity index (χ3v) is 11.1. The quantitative estimate of drug-likeness (QED) is 0.0260. The van der Waals surface area contributed by atoms with Gasteiger partial charge in [0.05, 0.1) is 40.3 Å². The number of unbranched alkanes of at least 4 members (excludes halogenated alkanes) is 21. The number of likely N-dealkylation sites (N-methyl/N-ethyl adjacent to an activating group) is 1. The van der Waals surface area contributed by atoms with Crippen molar-refractivity contribution in [2.75, 3.05) is 41.0 Å². The highest BCUT2D eigenvalue weighted by atomic mass is 16.6. The summed E-state index contributed by atoms with van der Waals surface area (Å²) in [5, 5.41) is 11.7. The number of carboxylic acid groups (broad SMARTS) is 1. The van der Waals surface area contributed by atoms with Crippen LogP contribution >= 0.6 is 0 Å². The number of carbonyl (C=O) groups excluding carboxylic acids is 3. The van der Waals surface area contributed by atoms with Crippen molar-refractivity contribution in [2.45, 2.75) is 225 Å². The number of rotatable bonds is 45. The second-order valence-corrected chi connectivity index (χ2v) is 18.0. The predicted octanol–water partition coefficient (Wildman–Crippen LogP) is 13.2. The van der Waals surface area contributed by atoms with Crippen LogP contribution in [0.1, 0.15) is 213 Å². The van der Waals surface area contributed by atoms with Crippen LogP contribution in [0, 0.1) is 0 Å². The third-order valence-electron chi connectivity index (χ3n) is 11.1. The van der Waals surface area contributed by atoms with Crippen LogP contribution in [0.3, 0.4) is 0 Å². The van der Waals surface area contributed by atoms with E-state index in [9.17, 15) is 19.5 Å². The van der Waals surface area contributed by atoms with Gasteiger partial charge < -0.3 is 28.6 Å². The van der Waals surface area contributed by atoms with Crippen LogP contribution in [0.2, 0.25) is 0 Å². The summed E-state index contributed by atoms with van der Waals surface area (Å²) >= 11 is 0. The topological polar surface area (TPSA) is 102 Å². The Morgan fingerprint density at radius 3 is 1.34 bits per heavy atom. The van der Waals surface area contributed by atoms with Crippen LogP contribution in [0.15, 0.2) is 60.8 Å². The monoisotopic (exact) mass is 870 g/mol. The summed E-state index contributed by atoms with van der Waals surface area (Å²) in [5.41, 5.74) is 0. The first-order chi connectivity index (χ1) is 30.1. The Balaban J connectivity index is 4.26. The van der Waals surface area contributed by atoms with Gasteiger partial charge in [0.1, 0.15) is 12.6 Å². The lowest BCUT2D eigenvalue weighted by atomic mass is 10.0. The number of carboxylic acids is 1. The van der Waals surface area contributed by atoms with Gasteiger partial charge in [-0.1, -0.05) is 177 Å². The summed E-state index contributed by atoms with van der Waals surface area (Å²) in [6, 6.07) is -0.729. The molecule has 8 heteroatoms. The number of esters is 2. The lowest BCUT2D eigenvalue weighted by Crippen LogP contribution is -2.55. The third kappa shape index (κ3) is 42.3. The first kappa shape index (κ1) is 59.0. The number of ether oxygens (including phenoxy) is 3. The molecule has 0 heterocycles. The van der Waals surface area contributed by atoms with E-state index >= 15 is 0 Å². The zero-order chi connectivity index (χ0) is 45.6. The van der Waals surface area contributed by atoms with Crippen molar-refractivity contribution in [3.05, 3.63) is 60.8 Å². The molecule has 0 N–H and O–H groups in total. The molecule has 0 aliphatic rings. The standard InChI is InChI=1S/C54H95NO7/c1-6-8-10-12-14-16-18-20-22-24-25-26-27-29-31-33-35-37-39-41-43-45-53(57)62-50(48-60-47-46-51(54(58)59)55(3,4)5)49-61-52(56)44-42-40-38-36-34-32-30-28-23-21-19-17-15-13-11-9-7-2/h8,10,14-17,20-23,50-51H,6-7,9,11-13,18-19,24-49H2,1-5H3/b10-8+,16-14+,17-15+,22-20+,23-21+. The van der Waals surface area contributed by atoms with Crippen LogP contribution in [-0.2, 0) is 28.6 Å². The molecule has 2 unspecified atom stereocenters. The average molecular weight is 870 g/mol. The van der Waals surface area contributed by atoms with Crippen molar-refractivity contribution in [2.24, 2.45) is 0 Å². The lowest BCUT2D eigenvalue weighted by Gasteiger charge is -2.34. The molecule has 0 aliphatic heterocycles. The minimum Gasteiger partial charge on any atom is -0.544 e. The Bertz CT molecular complexity index is 1200. The van der Waals surface area contributed by atoms with Crippen LogP contribution in [-0.4, -0.2) is 75.5 Å². The first-order valence-electron chi connectivity index (χ1n) is 25.3. The summed E-state index contributed by atoms with van der Waals surface area (Å²) in [5.74, 6) is -1.75. The molecule has 0 bridgehead atoms. The maximum atomic E-state index is 12.8. The van der Waals surface area contributed by atoms with Crippen molar-refractivity contribution in [3.63, 3.8) is 0 Å². The number of hydrogen-bond donors (Lipinski definition) is 0. The molecule has 0 rings (SSSR count). The molecular formula is C54H95NO7. The first-order valence-corrected chi connectivity index (χ1v) is 25.3. The molecule has 358 valence electrons. The molecule has 0 amide bonds. The maximum Gasteiger partial charge on any atom is 0.306 e. The zero-order valence-corrected chi connectivity index (χ0v) is 40.8. The van der Waals surface area contributed by atoms with Gasteiger partial charge in [-0.2, -0.15) is 0 Å². The van der Waals surface area contributed by atoms with E-state index in [2.05, 4.69) is 74.6 Å². The Kier molecular flexibility index (Phi) is 42.5. The Hall–Kier alpha value is -2.97. The summed E-state index contributed by atoms with van der Waals surface area (Å²) < 4.78 is 17.2. The molecule has 0 spiro atoms. The van der Waals surface area contributed by atoms with Gasteiger partial charge in [-0.25, -0.2) is 0 Å². The van der Waals surface area contributed by atoms with Gasteiger partial charge in [-0.05, 0) is 77.0 Å². The minimum atomic E-state index is -1.13. The van der Waals surface area contributed by atoms with E-state index in [4.69, 9.17) is 14.2 Å². The van der Waals surface area contributed by atoms with Gasteiger partial charge in [0, 0.05) is 19.3 Å². The number of allylic oxidation sites excluding steroid dienone is 10. The smallest absolute Gasteiger partial charge is 0.306 e. The molecule has 8 nitrogen and oxygen atoms in total. The molecule has 0 saturated heterocycles. The minimum absolute atomic E-state index is 0.0361. The van der Waals surface area contributed by atoms with E-state index in [0.717, 1.165) is 70.6 Å². The van der Waals surface area contributed by atoms with Crippen LogP contribution in [0.4, 0.5) is 0 Å². The van der Waals surface area contributed by atoms with Crippen molar-refractivity contribution in [1.82, 2.24) is 0 Å². The Labute approximate surface area is 381 Å². The molecule has 2 atom stereocenters. The van der Waals surface area contributed by atoms with Crippen LogP contribution in [0.5, 0.6) is 0 Å². The van der Waals surface area contributed by atoms with E-state index in [1.807, 2.05) is 0 Å². The number of carbonyl (C=O) groups is 3. The van der Waals surface area contributed by atoms with E-state index in [0.29, 0.717) is 12.8 Å². The van der Waals surface area contributed by atoms with E-state index in [-0.39, 0.29) is 42.7 Å². The molecule has 0 radical (unpaired) electrons. The summed E-state index contributed by atoms with van der Waals surface area (Å²) in [4.78, 5) is 37.0. The molecule has 0 aromatic heterocycles. The highest BCUT2D eigenvalue weighted by Crippen LogP contribution is 2.15. The molecular weight excluding hydrogens is 775 g/mol. The van der Waals surface area contributed by atoms with Crippen LogP contribution < -0.4 is 5.11 Å². The van der Waals surface area contributed by atoms with E-state index in [1.54, 1.807) is 21.1 Å². The van der Waals surface area contributed by atoms with E-state index < -0.39 is 18.1 Å². The Morgan fingerprint density at radius 2 is 0.903 bits per heavy atom. The summed E-state index contributed by atoms with van der Waals surface area (Å²) in [6.07, 6.45) is 55.3. The SMILES string of the molecule is CC/C=C/C/C=C/C/C=C/CCCCCCCCCCCCCC(=O)OC(COCCC(C(=O)[O-])[N+](C)(C)C)COC(=O)CCCCCCCCC/C=C/C/C=C/CCCCC. The largest absolute Gasteiger partial charge is 0.544 e. The normalized spacial score (nSPS) is 13.4. The number of quaternary nitrogens is 1. The fourth-order valence-corrected chi connectivity index (χ4v) is 7.23. The predicted molar refractivity (Wildman–Crippen MR) is 259 cm³/mol. The van der Waals surface area contributed by atoms with E-state index in [1.165, 1.54) is 109 Å². The highest BCUT2D eigenvalue weighted by Gasteiger charge is 2.25. The fourth-order valence-electron chi connectivity index (χ4n) is 7.23. The molecule has 0 fully saturated rings. The van der Waals surface area contributed by atoms with Gasteiger partial charge in [0.2, 0.25) is 0 Å². The molecule has 0 aliphatic carbocycles. The molecule has 0 aromatic carbocycles. The lowest BCUT2D eigenvalue weighted by molar-refractivity contribution is -0.889. The highest BCUT2D eigenvalue weighted by molar-refractivity contribution is 5.70. The number of aliphatic carboxylic acids is 1. The fraction of sp³-hybridized carbons (Fsp3) is 0.759. The van der Waals surface area contributed by atoms with Gasteiger partial charge >= 0.3 is 11.9 Å². The van der Waals surface area contributed by atoms with Crippen molar-refractivity contribution >= 4 is 17.9 Å². The molecule has 62 heavy (non-hydrogen) atoms. The van der Waals surface area contributed by atoms with Gasteiger partial charge in [-0.15, -0.1) is 0 Å². The molecule has 0 saturated carbocycles.